The van der Waals surface area contributed by atoms with Gasteiger partial charge in [-0.2, -0.15) is 0 Å². The molecule has 0 aliphatic rings. The Hall–Kier alpha value is -1.09. The topological polar surface area (TPSA) is 67.8 Å². The van der Waals surface area contributed by atoms with Gasteiger partial charge in [-0.05, 0) is 26.3 Å². The van der Waals surface area contributed by atoms with E-state index in [-0.39, 0.29) is 24.0 Å². The maximum absolute atomic E-state index is 5.31. The molecule has 2 N–H and O–H groups in total. The zero-order chi connectivity index (χ0) is 15.3. The van der Waals surface area contributed by atoms with Crippen LogP contribution < -0.4 is 15.4 Å². The molecule has 0 fully saturated rings. The van der Waals surface area contributed by atoms with Crippen LogP contribution in [0.5, 0.6) is 5.88 Å². The number of hydrogen-bond donors (Lipinski definition) is 2. The second-order valence-corrected chi connectivity index (χ2v) is 4.34. The summed E-state index contributed by atoms with van der Waals surface area (Å²) in [5.41, 5.74) is 0.964. The Kier molecular flexibility index (Phi) is 12.9. The van der Waals surface area contributed by atoms with Crippen molar-refractivity contribution in [3.05, 3.63) is 23.9 Å². The molecule has 0 aliphatic carbocycles. The number of pyridine rings is 1. The van der Waals surface area contributed by atoms with Gasteiger partial charge in [-0.3, -0.25) is 0 Å². The monoisotopic (exact) mass is 422 g/mol. The smallest absolute Gasteiger partial charge is 0.218 e. The van der Waals surface area contributed by atoms with E-state index in [2.05, 4.69) is 20.6 Å². The quantitative estimate of drug-likeness (QED) is 0.277. The summed E-state index contributed by atoms with van der Waals surface area (Å²) in [4.78, 5) is 8.71. The molecule has 1 aromatic rings. The van der Waals surface area contributed by atoms with E-state index in [9.17, 15) is 0 Å². The normalized spacial score (nSPS) is 10.8. The van der Waals surface area contributed by atoms with Crippen molar-refractivity contribution < 1.29 is 9.47 Å². The number of aliphatic imine (C=N–C) groups is 1. The van der Waals surface area contributed by atoms with Crippen molar-refractivity contribution in [1.29, 1.82) is 0 Å². The van der Waals surface area contributed by atoms with Crippen LogP contribution in [0.25, 0.3) is 0 Å². The minimum Gasteiger partial charge on any atom is -0.481 e. The van der Waals surface area contributed by atoms with E-state index in [1.165, 1.54) is 0 Å². The van der Waals surface area contributed by atoms with E-state index in [4.69, 9.17) is 9.47 Å². The van der Waals surface area contributed by atoms with Gasteiger partial charge in [-0.1, -0.05) is 6.07 Å². The van der Waals surface area contributed by atoms with Crippen LogP contribution in [0, 0.1) is 0 Å². The summed E-state index contributed by atoms with van der Waals surface area (Å²) in [5, 5.41) is 6.50. The van der Waals surface area contributed by atoms with E-state index in [0.717, 1.165) is 44.2 Å². The van der Waals surface area contributed by atoms with Crippen molar-refractivity contribution in [2.75, 3.05) is 33.4 Å². The lowest BCUT2D eigenvalue weighted by molar-refractivity contribution is 0.145. The molecule has 1 aromatic heterocycles. The number of nitrogens with one attached hydrogen (secondary N) is 2. The minimum atomic E-state index is 0. The highest BCUT2D eigenvalue weighted by molar-refractivity contribution is 14.0. The molecule has 0 aliphatic heterocycles. The van der Waals surface area contributed by atoms with Crippen molar-refractivity contribution >= 4 is 29.9 Å². The molecule has 0 saturated carbocycles. The predicted molar refractivity (Wildman–Crippen MR) is 100 cm³/mol. The van der Waals surface area contributed by atoms with E-state index in [0.29, 0.717) is 12.4 Å². The van der Waals surface area contributed by atoms with E-state index < -0.39 is 0 Å². The Balaban J connectivity index is 0.00000441. The molecule has 0 unspecified atom stereocenters. The van der Waals surface area contributed by atoms with Crippen molar-refractivity contribution in [2.24, 2.45) is 4.99 Å². The van der Waals surface area contributed by atoms with Gasteiger partial charge < -0.3 is 20.1 Å². The summed E-state index contributed by atoms with van der Waals surface area (Å²) >= 11 is 0. The molecule has 0 saturated heterocycles. The fourth-order valence-corrected chi connectivity index (χ4v) is 1.76. The minimum absolute atomic E-state index is 0. The summed E-state index contributed by atoms with van der Waals surface area (Å²) in [6, 6.07) is 3.85. The molecule has 0 amide bonds. The number of halogens is 1. The molecule has 0 radical (unpaired) electrons. The van der Waals surface area contributed by atoms with Crippen LogP contribution in [0.1, 0.15) is 25.8 Å². The number of guanidine groups is 1. The van der Waals surface area contributed by atoms with Crippen LogP contribution >= 0.6 is 24.0 Å². The number of methoxy groups -OCH3 is 1. The number of rotatable bonds is 9. The summed E-state index contributed by atoms with van der Waals surface area (Å²) < 4.78 is 10.5. The number of ether oxygens (including phenoxy) is 2. The van der Waals surface area contributed by atoms with Gasteiger partial charge in [0.15, 0.2) is 5.96 Å². The van der Waals surface area contributed by atoms with Crippen molar-refractivity contribution in [2.45, 2.75) is 26.8 Å². The molecule has 0 spiro atoms. The molecule has 0 bridgehead atoms. The van der Waals surface area contributed by atoms with Crippen LogP contribution in [0.2, 0.25) is 0 Å². The summed E-state index contributed by atoms with van der Waals surface area (Å²) in [6.07, 6.45) is 2.66. The molecule has 0 aromatic carbocycles. The van der Waals surface area contributed by atoms with E-state index in [1.54, 1.807) is 13.3 Å². The Morgan fingerprint density at radius 2 is 2.14 bits per heavy atom. The van der Waals surface area contributed by atoms with Crippen LogP contribution in [0.3, 0.4) is 0 Å². The first kappa shape index (κ1) is 20.9. The highest BCUT2D eigenvalue weighted by Crippen LogP contribution is 2.14. The average Bonchev–Trinajstić information content (AvgIpc) is 2.52. The van der Waals surface area contributed by atoms with Crippen LogP contribution in [-0.4, -0.2) is 44.4 Å². The van der Waals surface area contributed by atoms with Crippen LogP contribution in [0.4, 0.5) is 0 Å². The summed E-state index contributed by atoms with van der Waals surface area (Å²) in [7, 11) is 1.62. The third-order valence-electron chi connectivity index (χ3n) is 2.76. The number of hydrogen-bond acceptors (Lipinski definition) is 4. The van der Waals surface area contributed by atoms with Gasteiger partial charge in [0.05, 0.1) is 13.7 Å². The lowest BCUT2D eigenvalue weighted by Gasteiger charge is -2.11. The standard InChI is InChI=1S/C15H26N4O2.HI/c1-4-16-15(18-10-7-11-21-5-2)19-12-13-8-6-9-17-14(13)20-3;/h6,8-9H,4-5,7,10-12H2,1-3H3,(H2,16,18,19);1H. The molecular formula is C15H27IN4O2. The van der Waals surface area contributed by atoms with E-state index >= 15 is 0 Å². The average molecular weight is 422 g/mol. The second-order valence-electron chi connectivity index (χ2n) is 4.34. The van der Waals surface area contributed by atoms with Crippen molar-refractivity contribution in [3.8, 4) is 5.88 Å². The molecule has 6 nitrogen and oxygen atoms in total. The fourth-order valence-electron chi connectivity index (χ4n) is 1.76. The highest BCUT2D eigenvalue weighted by atomic mass is 127. The van der Waals surface area contributed by atoms with Gasteiger partial charge in [-0.25, -0.2) is 9.98 Å². The Morgan fingerprint density at radius 1 is 1.32 bits per heavy atom. The molecular weight excluding hydrogens is 395 g/mol. The highest BCUT2D eigenvalue weighted by Gasteiger charge is 2.03. The van der Waals surface area contributed by atoms with Crippen LogP contribution in [-0.2, 0) is 11.3 Å². The Bertz CT molecular complexity index is 430. The number of aromatic nitrogens is 1. The maximum Gasteiger partial charge on any atom is 0.218 e. The Labute approximate surface area is 150 Å². The van der Waals surface area contributed by atoms with Gasteiger partial charge in [0.2, 0.25) is 5.88 Å². The molecule has 1 rings (SSSR count). The second kappa shape index (κ2) is 13.6. The molecule has 22 heavy (non-hydrogen) atoms. The Morgan fingerprint density at radius 3 is 2.82 bits per heavy atom. The van der Waals surface area contributed by atoms with Crippen LogP contribution in [0.15, 0.2) is 23.3 Å². The maximum atomic E-state index is 5.31. The number of nitrogens with zero attached hydrogens (tertiary/aromatic N) is 2. The third kappa shape index (κ3) is 8.38. The molecule has 1 heterocycles. The van der Waals surface area contributed by atoms with E-state index in [1.807, 2.05) is 26.0 Å². The van der Waals surface area contributed by atoms with Gasteiger partial charge in [0, 0.05) is 38.1 Å². The third-order valence-corrected chi connectivity index (χ3v) is 2.76. The summed E-state index contributed by atoms with van der Waals surface area (Å²) in [6.45, 7) is 7.74. The molecule has 0 atom stereocenters. The lowest BCUT2D eigenvalue weighted by Crippen LogP contribution is -2.38. The fraction of sp³-hybridized carbons (Fsp3) is 0.600. The van der Waals surface area contributed by atoms with Gasteiger partial charge >= 0.3 is 0 Å². The first-order valence-corrected chi connectivity index (χ1v) is 7.39. The molecule has 126 valence electrons. The molecule has 7 heteroatoms. The first-order valence-electron chi connectivity index (χ1n) is 7.39. The zero-order valence-corrected chi connectivity index (χ0v) is 15.9. The van der Waals surface area contributed by atoms with Gasteiger partial charge in [-0.15, -0.1) is 24.0 Å². The lowest BCUT2D eigenvalue weighted by atomic mass is 10.3. The van der Waals surface area contributed by atoms with Crippen molar-refractivity contribution in [3.63, 3.8) is 0 Å². The van der Waals surface area contributed by atoms with Gasteiger partial charge in [0.1, 0.15) is 0 Å². The van der Waals surface area contributed by atoms with Gasteiger partial charge in [0.25, 0.3) is 0 Å². The summed E-state index contributed by atoms with van der Waals surface area (Å²) in [5.74, 6) is 1.41. The van der Waals surface area contributed by atoms with Crippen molar-refractivity contribution in [1.82, 2.24) is 15.6 Å². The predicted octanol–water partition coefficient (Wildman–Crippen LogP) is 2.19. The largest absolute Gasteiger partial charge is 0.481 e. The first-order chi connectivity index (χ1) is 10.3. The SMILES string of the molecule is CCNC(=NCc1cccnc1OC)NCCCOCC.I. The zero-order valence-electron chi connectivity index (χ0n) is 13.6.